The molecule has 0 unspecified atom stereocenters. The highest BCUT2D eigenvalue weighted by Crippen LogP contribution is 2.46. The van der Waals surface area contributed by atoms with Crippen LogP contribution in [0, 0.1) is 5.41 Å². The third-order valence-corrected chi connectivity index (χ3v) is 7.21. The highest BCUT2D eigenvalue weighted by molar-refractivity contribution is 7.89. The summed E-state index contributed by atoms with van der Waals surface area (Å²) in [5.74, 6) is 0.730. The van der Waals surface area contributed by atoms with Gasteiger partial charge in [-0.2, -0.15) is 0 Å². The summed E-state index contributed by atoms with van der Waals surface area (Å²) < 4.78 is 38.3. The smallest absolute Gasteiger partial charge is 0.217 e. The summed E-state index contributed by atoms with van der Waals surface area (Å²) in [4.78, 5) is 0. The molecular formula is C18H27NO4S. The molecule has 1 aromatic carbocycles. The van der Waals surface area contributed by atoms with Crippen molar-refractivity contribution >= 4 is 10.0 Å². The summed E-state index contributed by atoms with van der Waals surface area (Å²) in [6, 6.07) is 9.34. The second-order valence-electron chi connectivity index (χ2n) is 6.89. The van der Waals surface area contributed by atoms with Gasteiger partial charge in [0, 0.05) is 25.6 Å². The van der Waals surface area contributed by atoms with Crippen LogP contribution < -0.4 is 4.74 Å². The molecule has 5 nitrogen and oxygen atoms in total. The first-order valence-corrected chi connectivity index (χ1v) is 10.4. The van der Waals surface area contributed by atoms with E-state index < -0.39 is 10.0 Å². The lowest BCUT2D eigenvalue weighted by Crippen LogP contribution is -2.50. The van der Waals surface area contributed by atoms with Gasteiger partial charge in [0.1, 0.15) is 12.4 Å². The van der Waals surface area contributed by atoms with E-state index in [9.17, 15) is 8.42 Å². The molecule has 0 aromatic heterocycles. The van der Waals surface area contributed by atoms with Crippen LogP contribution >= 0.6 is 0 Å². The van der Waals surface area contributed by atoms with Crippen LogP contribution in [0.5, 0.6) is 5.75 Å². The lowest BCUT2D eigenvalue weighted by atomic mass is 9.77. The molecule has 0 N–H and O–H groups in total. The molecule has 0 radical (unpaired) electrons. The van der Waals surface area contributed by atoms with Crippen LogP contribution in [0.2, 0.25) is 0 Å². The molecule has 1 heterocycles. The largest absolute Gasteiger partial charge is 0.492 e. The van der Waals surface area contributed by atoms with Crippen LogP contribution in [-0.4, -0.2) is 51.4 Å². The number of ether oxygens (including phenoxy) is 2. The number of hydrogen-bond donors (Lipinski definition) is 0. The fourth-order valence-electron chi connectivity index (χ4n) is 4.21. The Hall–Kier alpha value is -1.11. The summed E-state index contributed by atoms with van der Waals surface area (Å²) in [6.07, 6.45) is 5.41. The topological polar surface area (TPSA) is 55.8 Å². The highest BCUT2D eigenvalue weighted by Gasteiger charge is 2.47. The lowest BCUT2D eigenvalue weighted by Gasteiger charge is -2.43. The van der Waals surface area contributed by atoms with Gasteiger partial charge in [-0.15, -0.1) is 0 Å². The molecule has 3 rings (SSSR count). The molecule has 6 heteroatoms. The lowest BCUT2D eigenvalue weighted by molar-refractivity contribution is -0.0185. The molecule has 1 saturated carbocycles. The summed E-state index contributed by atoms with van der Waals surface area (Å²) in [5, 5.41) is 0. The van der Waals surface area contributed by atoms with Crippen LogP contribution in [0.25, 0.3) is 0 Å². The summed E-state index contributed by atoms with van der Waals surface area (Å²) in [7, 11) is -1.55. The summed E-state index contributed by atoms with van der Waals surface area (Å²) in [6.45, 7) is 1.40. The molecule has 2 fully saturated rings. The fraction of sp³-hybridized carbons (Fsp3) is 0.667. The van der Waals surface area contributed by atoms with Gasteiger partial charge in [0.2, 0.25) is 10.0 Å². The Bertz CT molecular complexity index is 634. The van der Waals surface area contributed by atoms with Gasteiger partial charge in [0.05, 0.1) is 11.9 Å². The summed E-state index contributed by atoms with van der Waals surface area (Å²) in [5.41, 5.74) is 0.0142. The standard InChI is InChI=1S/C18H27NO4S/c1-22-17-9-5-10-18(17)11-6-12-19(15-18)24(20,21)14-13-23-16-7-3-2-4-8-16/h2-4,7-8,17H,5-6,9-15H2,1H3/t17-,18+/m1/s1. The van der Waals surface area contributed by atoms with Gasteiger partial charge in [-0.05, 0) is 37.8 Å². The second-order valence-corrected chi connectivity index (χ2v) is 8.98. The SMILES string of the molecule is CO[C@@H]1CCC[C@@]12CCCN(S(=O)(=O)CCOc1ccccc1)C2. The van der Waals surface area contributed by atoms with Crippen LogP contribution in [0.4, 0.5) is 0 Å². The first-order valence-electron chi connectivity index (χ1n) is 8.74. The van der Waals surface area contributed by atoms with Crippen molar-refractivity contribution in [3.63, 3.8) is 0 Å². The van der Waals surface area contributed by atoms with Crippen molar-refractivity contribution in [2.45, 2.75) is 38.2 Å². The minimum absolute atomic E-state index is 0.0142. The van der Waals surface area contributed by atoms with Gasteiger partial charge in [-0.3, -0.25) is 0 Å². The van der Waals surface area contributed by atoms with E-state index in [1.54, 1.807) is 11.4 Å². The minimum atomic E-state index is -3.30. The number of piperidine rings is 1. The first kappa shape index (κ1) is 17.7. The molecular weight excluding hydrogens is 326 g/mol. The van der Waals surface area contributed by atoms with E-state index in [0.717, 1.165) is 32.1 Å². The van der Waals surface area contributed by atoms with Gasteiger partial charge in [-0.1, -0.05) is 24.6 Å². The Morgan fingerprint density at radius 3 is 2.71 bits per heavy atom. The maximum atomic E-state index is 12.7. The Morgan fingerprint density at radius 1 is 1.21 bits per heavy atom. The number of nitrogens with zero attached hydrogens (tertiary/aromatic N) is 1. The van der Waals surface area contributed by atoms with Crippen molar-refractivity contribution in [2.24, 2.45) is 5.41 Å². The number of rotatable bonds is 6. The van der Waals surface area contributed by atoms with E-state index >= 15 is 0 Å². The normalized spacial score (nSPS) is 28.3. The van der Waals surface area contributed by atoms with Gasteiger partial charge in [-0.25, -0.2) is 12.7 Å². The van der Waals surface area contributed by atoms with Crippen molar-refractivity contribution in [3.8, 4) is 5.75 Å². The van der Waals surface area contributed by atoms with Crippen molar-refractivity contribution in [1.82, 2.24) is 4.31 Å². The third kappa shape index (κ3) is 3.76. The van der Waals surface area contributed by atoms with E-state index in [2.05, 4.69) is 0 Å². The van der Waals surface area contributed by atoms with E-state index in [0.29, 0.717) is 18.8 Å². The van der Waals surface area contributed by atoms with Crippen LogP contribution in [0.15, 0.2) is 30.3 Å². The highest BCUT2D eigenvalue weighted by atomic mass is 32.2. The predicted octanol–water partition coefficient (Wildman–Crippen LogP) is 2.68. The fourth-order valence-corrected chi connectivity index (χ4v) is 5.62. The van der Waals surface area contributed by atoms with E-state index in [1.807, 2.05) is 30.3 Å². The number of benzene rings is 1. The minimum Gasteiger partial charge on any atom is -0.492 e. The molecule has 1 saturated heterocycles. The zero-order chi connectivity index (χ0) is 17.0. The van der Waals surface area contributed by atoms with Crippen LogP contribution in [-0.2, 0) is 14.8 Å². The molecule has 1 aromatic rings. The van der Waals surface area contributed by atoms with Crippen molar-refractivity contribution in [1.29, 1.82) is 0 Å². The third-order valence-electron chi connectivity index (χ3n) is 5.43. The number of methoxy groups -OCH3 is 1. The quantitative estimate of drug-likeness (QED) is 0.789. The average molecular weight is 353 g/mol. The van der Waals surface area contributed by atoms with Crippen molar-refractivity contribution < 1.29 is 17.9 Å². The Balaban J connectivity index is 1.60. The molecule has 1 aliphatic carbocycles. The molecule has 2 atom stereocenters. The number of sulfonamides is 1. The Labute approximate surface area is 145 Å². The number of hydrogen-bond acceptors (Lipinski definition) is 4. The van der Waals surface area contributed by atoms with Crippen LogP contribution in [0.3, 0.4) is 0 Å². The van der Waals surface area contributed by atoms with Crippen molar-refractivity contribution in [3.05, 3.63) is 30.3 Å². The molecule has 24 heavy (non-hydrogen) atoms. The van der Waals surface area contributed by atoms with Gasteiger partial charge in [0.15, 0.2) is 0 Å². The maximum Gasteiger partial charge on any atom is 0.217 e. The van der Waals surface area contributed by atoms with E-state index in [4.69, 9.17) is 9.47 Å². The van der Waals surface area contributed by atoms with Crippen LogP contribution in [0.1, 0.15) is 32.1 Å². The zero-order valence-electron chi connectivity index (χ0n) is 14.3. The monoisotopic (exact) mass is 353 g/mol. The Morgan fingerprint density at radius 2 is 1.96 bits per heavy atom. The molecule has 1 spiro atoms. The molecule has 1 aliphatic heterocycles. The maximum absolute atomic E-state index is 12.7. The average Bonchev–Trinajstić information content (AvgIpc) is 2.97. The molecule has 134 valence electrons. The van der Waals surface area contributed by atoms with E-state index in [-0.39, 0.29) is 23.9 Å². The van der Waals surface area contributed by atoms with Gasteiger partial charge in [0.25, 0.3) is 0 Å². The predicted molar refractivity (Wildman–Crippen MR) is 93.6 cm³/mol. The molecule has 0 bridgehead atoms. The van der Waals surface area contributed by atoms with Gasteiger partial charge >= 0.3 is 0 Å². The van der Waals surface area contributed by atoms with Crippen molar-refractivity contribution in [2.75, 3.05) is 32.6 Å². The van der Waals surface area contributed by atoms with Gasteiger partial charge < -0.3 is 9.47 Å². The first-order chi connectivity index (χ1) is 11.6. The van der Waals surface area contributed by atoms with E-state index in [1.165, 1.54) is 0 Å². The molecule has 0 amide bonds. The summed E-state index contributed by atoms with van der Waals surface area (Å²) >= 11 is 0. The zero-order valence-corrected chi connectivity index (χ0v) is 15.1. The second kappa shape index (κ2) is 7.42. The number of para-hydroxylation sites is 1. The molecule has 2 aliphatic rings. The Kier molecular flexibility index (Phi) is 5.47.